The fourth-order valence-corrected chi connectivity index (χ4v) is 3.22. The van der Waals surface area contributed by atoms with E-state index < -0.39 is 0 Å². The molecule has 0 radical (unpaired) electrons. The molecule has 0 aliphatic carbocycles. The van der Waals surface area contributed by atoms with E-state index in [4.69, 9.17) is 4.74 Å². The van der Waals surface area contributed by atoms with Gasteiger partial charge < -0.3 is 15.0 Å². The fraction of sp³-hybridized carbons (Fsp3) is 0.400. The highest BCUT2D eigenvalue weighted by Gasteiger charge is 2.15. The van der Waals surface area contributed by atoms with Gasteiger partial charge in [0.05, 0.1) is 13.7 Å². The van der Waals surface area contributed by atoms with E-state index in [0.717, 1.165) is 22.1 Å². The third-order valence-corrected chi connectivity index (χ3v) is 4.90. The van der Waals surface area contributed by atoms with E-state index >= 15 is 0 Å². The minimum Gasteiger partial charge on any atom is -0.497 e. The molecule has 1 N–H and O–H groups in total. The summed E-state index contributed by atoms with van der Waals surface area (Å²) in [6.07, 6.45) is 2.79. The molecule has 1 aromatic heterocycles. The number of anilines is 1. The molecule has 0 aliphatic rings. The van der Waals surface area contributed by atoms with Gasteiger partial charge in [0.25, 0.3) is 0 Å². The molecule has 7 nitrogen and oxygen atoms in total. The van der Waals surface area contributed by atoms with Gasteiger partial charge in [0, 0.05) is 30.5 Å². The number of amides is 2. The highest BCUT2D eigenvalue weighted by Crippen LogP contribution is 2.18. The smallest absolute Gasteiger partial charge is 0.243 e. The number of thioether (sulfide) groups is 1. The van der Waals surface area contributed by atoms with Crippen molar-refractivity contribution < 1.29 is 14.3 Å². The van der Waals surface area contributed by atoms with Crippen LogP contribution in [0.25, 0.3) is 0 Å². The molecule has 2 aromatic rings. The average Bonchev–Trinajstić information content (AvgIpc) is 2.67. The van der Waals surface area contributed by atoms with E-state index in [1.807, 2.05) is 20.1 Å². The first-order chi connectivity index (χ1) is 13.3. The van der Waals surface area contributed by atoms with E-state index in [0.29, 0.717) is 24.3 Å². The number of hydrogen-bond acceptors (Lipinski definition) is 6. The molecule has 0 atom stereocenters. The fourth-order valence-electron chi connectivity index (χ4n) is 2.76. The Labute approximate surface area is 169 Å². The maximum Gasteiger partial charge on any atom is 0.243 e. The SMILES string of the molecule is COc1ccc(NC(=O)CN(C)C(=O)CCc2c(C)nc(SC)nc2C)cc1. The van der Waals surface area contributed by atoms with E-state index in [9.17, 15) is 9.59 Å². The molecular weight excluding hydrogens is 376 g/mol. The van der Waals surface area contributed by atoms with Gasteiger partial charge in [0.1, 0.15) is 5.75 Å². The minimum atomic E-state index is -0.249. The maximum atomic E-state index is 12.4. The molecular formula is C20H26N4O3S. The molecule has 0 aliphatic heterocycles. The molecule has 1 aromatic carbocycles. The molecule has 2 rings (SSSR count). The van der Waals surface area contributed by atoms with Gasteiger partial charge in [-0.3, -0.25) is 9.59 Å². The summed E-state index contributed by atoms with van der Waals surface area (Å²) in [5, 5.41) is 3.51. The van der Waals surface area contributed by atoms with Crippen molar-refractivity contribution >= 4 is 29.3 Å². The number of methoxy groups -OCH3 is 1. The summed E-state index contributed by atoms with van der Waals surface area (Å²) >= 11 is 1.50. The largest absolute Gasteiger partial charge is 0.497 e. The van der Waals surface area contributed by atoms with Crippen molar-refractivity contribution in [2.45, 2.75) is 31.8 Å². The third-order valence-electron chi connectivity index (χ3n) is 4.35. The molecule has 0 fully saturated rings. The van der Waals surface area contributed by atoms with Crippen LogP contribution < -0.4 is 10.1 Å². The van der Waals surface area contributed by atoms with Crippen LogP contribution in [0.4, 0.5) is 5.69 Å². The molecule has 0 saturated carbocycles. The Morgan fingerprint density at radius 2 is 1.75 bits per heavy atom. The summed E-state index contributed by atoms with van der Waals surface area (Å²) in [4.78, 5) is 34.9. The predicted molar refractivity (Wildman–Crippen MR) is 111 cm³/mol. The Bertz CT molecular complexity index is 817. The minimum absolute atomic E-state index is 0.00919. The molecule has 0 bridgehead atoms. The zero-order valence-corrected chi connectivity index (χ0v) is 17.7. The number of carbonyl (C=O) groups is 2. The van der Waals surface area contributed by atoms with Crippen molar-refractivity contribution in [3.63, 3.8) is 0 Å². The molecule has 2 amide bonds. The van der Waals surface area contributed by atoms with Gasteiger partial charge in [-0.05, 0) is 56.4 Å². The van der Waals surface area contributed by atoms with Gasteiger partial charge in [0.2, 0.25) is 11.8 Å². The molecule has 0 unspecified atom stereocenters. The van der Waals surface area contributed by atoms with Crippen molar-refractivity contribution in [3.8, 4) is 5.75 Å². The summed E-state index contributed by atoms with van der Waals surface area (Å²) < 4.78 is 5.09. The molecule has 150 valence electrons. The Morgan fingerprint density at radius 3 is 2.29 bits per heavy atom. The number of carbonyl (C=O) groups excluding carboxylic acids is 2. The van der Waals surface area contributed by atoms with Crippen LogP contribution in [-0.2, 0) is 16.0 Å². The first-order valence-corrected chi connectivity index (χ1v) is 10.1. The van der Waals surface area contributed by atoms with Crippen molar-refractivity contribution in [3.05, 3.63) is 41.2 Å². The Morgan fingerprint density at radius 1 is 1.14 bits per heavy atom. The number of benzene rings is 1. The van der Waals surface area contributed by atoms with Crippen LogP contribution in [0, 0.1) is 13.8 Å². The van der Waals surface area contributed by atoms with Crippen molar-refractivity contribution in [1.82, 2.24) is 14.9 Å². The summed E-state index contributed by atoms with van der Waals surface area (Å²) in [6.45, 7) is 3.85. The van der Waals surface area contributed by atoms with Gasteiger partial charge in [0.15, 0.2) is 5.16 Å². The van der Waals surface area contributed by atoms with Crippen LogP contribution in [0.2, 0.25) is 0 Å². The van der Waals surface area contributed by atoms with Crippen LogP contribution in [-0.4, -0.2) is 53.6 Å². The molecule has 0 spiro atoms. The van der Waals surface area contributed by atoms with Gasteiger partial charge in [-0.2, -0.15) is 0 Å². The standard InChI is InChI=1S/C20H26N4O3S/c1-13-17(14(2)22-20(21-13)28-5)10-11-19(26)24(3)12-18(25)23-15-6-8-16(27-4)9-7-15/h6-9H,10-12H2,1-5H3,(H,23,25). The normalized spacial score (nSPS) is 10.5. The second-order valence-corrected chi connectivity index (χ2v) is 7.16. The van der Waals surface area contributed by atoms with Crippen LogP contribution in [0.5, 0.6) is 5.75 Å². The van der Waals surface area contributed by atoms with Gasteiger partial charge in [-0.25, -0.2) is 9.97 Å². The topological polar surface area (TPSA) is 84.4 Å². The number of aromatic nitrogens is 2. The number of rotatable bonds is 8. The maximum absolute atomic E-state index is 12.4. The molecule has 0 saturated heterocycles. The summed E-state index contributed by atoms with van der Waals surface area (Å²) in [5.41, 5.74) is 3.43. The third kappa shape index (κ3) is 5.95. The second kappa shape index (κ2) is 10.1. The van der Waals surface area contributed by atoms with Crippen molar-refractivity contribution in [2.24, 2.45) is 0 Å². The number of hydrogen-bond donors (Lipinski definition) is 1. The van der Waals surface area contributed by atoms with Crippen LogP contribution in [0.3, 0.4) is 0 Å². The van der Waals surface area contributed by atoms with E-state index in [2.05, 4.69) is 15.3 Å². The number of nitrogens with zero attached hydrogens (tertiary/aromatic N) is 3. The number of nitrogens with one attached hydrogen (secondary N) is 1. The molecule has 28 heavy (non-hydrogen) atoms. The summed E-state index contributed by atoms with van der Waals surface area (Å²) in [7, 11) is 3.21. The lowest BCUT2D eigenvalue weighted by Crippen LogP contribution is -2.35. The van der Waals surface area contributed by atoms with Gasteiger partial charge >= 0.3 is 0 Å². The Hall–Kier alpha value is -2.61. The van der Waals surface area contributed by atoms with Crippen molar-refractivity contribution in [1.29, 1.82) is 0 Å². The van der Waals surface area contributed by atoms with Gasteiger partial charge in [-0.15, -0.1) is 0 Å². The lowest BCUT2D eigenvalue weighted by molar-refractivity contribution is -0.133. The molecule has 1 heterocycles. The molecule has 8 heteroatoms. The Kier molecular flexibility index (Phi) is 7.80. The van der Waals surface area contributed by atoms with Crippen LogP contribution >= 0.6 is 11.8 Å². The number of ether oxygens (including phenoxy) is 1. The highest BCUT2D eigenvalue weighted by atomic mass is 32.2. The monoisotopic (exact) mass is 402 g/mol. The number of likely N-dealkylation sites (N-methyl/N-ethyl adjacent to an activating group) is 1. The van der Waals surface area contributed by atoms with E-state index in [1.54, 1.807) is 38.4 Å². The van der Waals surface area contributed by atoms with Crippen LogP contribution in [0.15, 0.2) is 29.4 Å². The second-order valence-electron chi connectivity index (χ2n) is 6.39. The van der Waals surface area contributed by atoms with E-state index in [-0.39, 0.29) is 18.4 Å². The van der Waals surface area contributed by atoms with Crippen molar-refractivity contribution in [2.75, 3.05) is 32.3 Å². The summed E-state index contributed by atoms with van der Waals surface area (Å²) in [5.74, 6) is 0.365. The quantitative estimate of drug-likeness (QED) is 0.540. The first kappa shape index (κ1) is 21.7. The number of aryl methyl sites for hydroxylation is 2. The zero-order valence-electron chi connectivity index (χ0n) is 16.9. The summed E-state index contributed by atoms with van der Waals surface area (Å²) in [6, 6.07) is 7.03. The zero-order chi connectivity index (χ0) is 20.7. The average molecular weight is 403 g/mol. The highest BCUT2D eigenvalue weighted by molar-refractivity contribution is 7.98. The van der Waals surface area contributed by atoms with E-state index in [1.165, 1.54) is 16.7 Å². The lowest BCUT2D eigenvalue weighted by Gasteiger charge is -2.17. The Balaban J connectivity index is 1.87. The van der Waals surface area contributed by atoms with Crippen LogP contribution in [0.1, 0.15) is 23.4 Å². The predicted octanol–water partition coefficient (Wildman–Crippen LogP) is 2.85. The van der Waals surface area contributed by atoms with Gasteiger partial charge in [-0.1, -0.05) is 11.8 Å². The lowest BCUT2D eigenvalue weighted by atomic mass is 10.1. The first-order valence-electron chi connectivity index (χ1n) is 8.90.